The number of aryl methyl sites for hydroxylation is 1. The van der Waals surface area contributed by atoms with Crippen LogP contribution in [-0.4, -0.2) is 4.98 Å². The van der Waals surface area contributed by atoms with Crippen LogP contribution in [-0.2, 0) is 0 Å². The van der Waals surface area contributed by atoms with Crippen LogP contribution in [0.2, 0.25) is 0 Å². The Morgan fingerprint density at radius 1 is 1.30 bits per heavy atom. The maximum Gasteiger partial charge on any atom is 0.0409 e. The predicted octanol–water partition coefficient (Wildman–Crippen LogP) is 0.924. The number of rotatable bonds is 0. The largest absolute Gasteiger partial charge is 0.359 e. The minimum absolute atomic E-state index is 1.22. The van der Waals surface area contributed by atoms with E-state index in [1.54, 1.807) is 0 Å². The lowest BCUT2D eigenvalue weighted by Crippen LogP contribution is -2.20. The molecule has 0 amide bonds. The van der Waals surface area contributed by atoms with E-state index in [1.165, 1.54) is 16.3 Å². The fourth-order valence-corrected chi connectivity index (χ4v) is 1.11. The third kappa shape index (κ3) is 1.13. The first kappa shape index (κ1) is 7.13. The van der Waals surface area contributed by atoms with Gasteiger partial charge in [-0.05, 0) is 32.1 Å². The molecule has 0 aliphatic heterocycles. The van der Waals surface area contributed by atoms with E-state index in [1.807, 2.05) is 6.92 Å². The average Bonchev–Trinajstić information content (AvgIpc) is 2.30. The van der Waals surface area contributed by atoms with Gasteiger partial charge in [0.25, 0.3) is 0 Å². The van der Waals surface area contributed by atoms with Gasteiger partial charge in [-0.3, -0.25) is 0 Å². The van der Waals surface area contributed by atoms with Crippen LogP contribution < -0.4 is 10.6 Å². The molecule has 0 aliphatic carbocycles. The van der Waals surface area contributed by atoms with Gasteiger partial charge in [-0.2, -0.15) is 0 Å². The molecule has 1 N–H and O–H groups in total. The van der Waals surface area contributed by atoms with Crippen molar-refractivity contribution in [2.45, 2.75) is 20.8 Å². The molecule has 0 aromatic carbocycles. The standard InChI is InChI=1S/C9H13N/c1-4-8-6-7(3)10-9(8)5-2/h4-6,10H,1-3H3. The zero-order valence-corrected chi connectivity index (χ0v) is 6.73. The Morgan fingerprint density at radius 3 is 2.40 bits per heavy atom. The maximum absolute atomic E-state index is 3.26. The van der Waals surface area contributed by atoms with Crippen LogP contribution in [0.25, 0.3) is 12.2 Å². The van der Waals surface area contributed by atoms with Gasteiger partial charge in [0.1, 0.15) is 0 Å². The smallest absolute Gasteiger partial charge is 0.0409 e. The maximum atomic E-state index is 3.26. The first-order valence-electron chi connectivity index (χ1n) is 3.56. The normalized spacial score (nSPS) is 14.7. The topological polar surface area (TPSA) is 15.8 Å². The predicted molar refractivity (Wildman–Crippen MR) is 45.1 cm³/mol. The van der Waals surface area contributed by atoms with E-state index < -0.39 is 0 Å². The SMILES string of the molecule is CC=c1cc(C)[nH]c1=CC. The number of aromatic amines is 1. The summed E-state index contributed by atoms with van der Waals surface area (Å²) in [6, 6.07) is 2.15. The van der Waals surface area contributed by atoms with Crippen molar-refractivity contribution in [3.05, 3.63) is 22.3 Å². The van der Waals surface area contributed by atoms with Gasteiger partial charge in [0.05, 0.1) is 0 Å². The molecule has 54 valence electrons. The first-order chi connectivity index (χ1) is 4.77. The molecule has 1 aromatic heterocycles. The minimum atomic E-state index is 1.22. The lowest BCUT2D eigenvalue weighted by atomic mass is 10.3. The van der Waals surface area contributed by atoms with Gasteiger partial charge < -0.3 is 4.98 Å². The Labute approximate surface area is 61.1 Å². The van der Waals surface area contributed by atoms with Crippen molar-refractivity contribution >= 4 is 12.2 Å². The lowest BCUT2D eigenvalue weighted by molar-refractivity contribution is 1.21. The molecule has 0 bridgehead atoms. The van der Waals surface area contributed by atoms with Crippen LogP contribution in [0.4, 0.5) is 0 Å². The molecule has 0 radical (unpaired) electrons. The molecule has 0 unspecified atom stereocenters. The molecule has 0 atom stereocenters. The fraction of sp³-hybridized carbons (Fsp3) is 0.333. The van der Waals surface area contributed by atoms with Crippen LogP contribution in [0, 0.1) is 6.92 Å². The van der Waals surface area contributed by atoms with Crippen molar-refractivity contribution in [3.63, 3.8) is 0 Å². The van der Waals surface area contributed by atoms with Crippen molar-refractivity contribution in [1.82, 2.24) is 4.98 Å². The number of hydrogen-bond donors (Lipinski definition) is 1. The summed E-state index contributed by atoms with van der Waals surface area (Å²) >= 11 is 0. The highest BCUT2D eigenvalue weighted by atomic mass is 14.7. The second-order valence-corrected chi connectivity index (χ2v) is 2.40. The number of hydrogen-bond acceptors (Lipinski definition) is 0. The molecular formula is C9H13N. The van der Waals surface area contributed by atoms with E-state index in [0.29, 0.717) is 0 Å². The van der Waals surface area contributed by atoms with Crippen molar-refractivity contribution < 1.29 is 0 Å². The highest BCUT2D eigenvalue weighted by molar-refractivity contribution is 5.27. The molecule has 1 aromatic rings. The van der Waals surface area contributed by atoms with Gasteiger partial charge in [0.2, 0.25) is 0 Å². The van der Waals surface area contributed by atoms with E-state index in [0.717, 1.165) is 0 Å². The Balaban J connectivity index is 3.53. The van der Waals surface area contributed by atoms with Crippen LogP contribution in [0.15, 0.2) is 6.07 Å². The zero-order chi connectivity index (χ0) is 7.56. The lowest BCUT2D eigenvalue weighted by Gasteiger charge is -1.75. The fourth-order valence-electron chi connectivity index (χ4n) is 1.11. The average molecular weight is 135 g/mol. The summed E-state index contributed by atoms with van der Waals surface area (Å²) in [5, 5.41) is 2.51. The molecule has 0 spiro atoms. The Bertz CT molecular complexity index is 285. The molecule has 0 saturated carbocycles. The van der Waals surface area contributed by atoms with Crippen LogP contribution in [0.1, 0.15) is 19.5 Å². The molecule has 1 nitrogen and oxygen atoms in total. The van der Waals surface area contributed by atoms with Crippen molar-refractivity contribution in [3.8, 4) is 0 Å². The number of H-pyrrole nitrogens is 1. The minimum Gasteiger partial charge on any atom is -0.359 e. The number of aromatic nitrogens is 1. The van der Waals surface area contributed by atoms with Gasteiger partial charge in [0, 0.05) is 11.0 Å². The summed E-state index contributed by atoms with van der Waals surface area (Å²) in [4.78, 5) is 3.26. The molecular weight excluding hydrogens is 122 g/mol. The van der Waals surface area contributed by atoms with Crippen molar-refractivity contribution in [1.29, 1.82) is 0 Å². The summed E-state index contributed by atoms with van der Waals surface area (Å²) in [5.74, 6) is 0. The highest BCUT2D eigenvalue weighted by Gasteiger charge is 1.86. The Kier molecular flexibility index (Phi) is 1.95. The third-order valence-corrected chi connectivity index (χ3v) is 1.61. The van der Waals surface area contributed by atoms with E-state index in [9.17, 15) is 0 Å². The van der Waals surface area contributed by atoms with Crippen molar-refractivity contribution in [2.75, 3.05) is 0 Å². The van der Waals surface area contributed by atoms with E-state index in [4.69, 9.17) is 0 Å². The second-order valence-electron chi connectivity index (χ2n) is 2.40. The first-order valence-corrected chi connectivity index (χ1v) is 3.56. The van der Waals surface area contributed by atoms with Gasteiger partial charge in [-0.25, -0.2) is 0 Å². The van der Waals surface area contributed by atoms with Gasteiger partial charge in [0.15, 0.2) is 0 Å². The van der Waals surface area contributed by atoms with Crippen molar-refractivity contribution in [2.24, 2.45) is 0 Å². The van der Waals surface area contributed by atoms with Gasteiger partial charge in [-0.1, -0.05) is 12.2 Å². The molecule has 1 heterocycles. The molecule has 1 heteroatoms. The monoisotopic (exact) mass is 135 g/mol. The van der Waals surface area contributed by atoms with E-state index in [-0.39, 0.29) is 0 Å². The summed E-state index contributed by atoms with van der Waals surface area (Å²) in [6.45, 7) is 6.16. The Hall–Kier alpha value is -0.980. The van der Waals surface area contributed by atoms with Crippen LogP contribution in [0.3, 0.4) is 0 Å². The highest BCUT2D eigenvalue weighted by Crippen LogP contribution is 1.78. The number of nitrogens with one attached hydrogen (secondary N) is 1. The van der Waals surface area contributed by atoms with E-state index in [2.05, 4.69) is 37.0 Å². The zero-order valence-electron chi connectivity index (χ0n) is 6.73. The summed E-state index contributed by atoms with van der Waals surface area (Å²) in [7, 11) is 0. The quantitative estimate of drug-likeness (QED) is 0.544. The molecule has 0 saturated heterocycles. The second kappa shape index (κ2) is 2.74. The van der Waals surface area contributed by atoms with Gasteiger partial charge >= 0.3 is 0 Å². The van der Waals surface area contributed by atoms with Crippen LogP contribution in [0.5, 0.6) is 0 Å². The Morgan fingerprint density at radius 2 is 2.00 bits per heavy atom. The summed E-state index contributed by atoms with van der Waals surface area (Å²) in [6.07, 6.45) is 4.20. The third-order valence-electron chi connectivity index (χ3n) is 1.61. The van der Waals surface area contributed by atoms with E-state index >= 15 is 0 Å². The molecule has 0 fully saturated rings. The molecule has 1 rings (SSSR count). The summed E-state index contributed by atoms with van der Waals surface area (Å²) in [5.41, 5.74) is 1.22. The molecule has 0 aliphatic rings. The summed E-state index contributed by atoms with van der Waals surface area (Å²) < 4.78 is 0. The molecule has 10 heavy (non-hydrogen) atoms. The van der Waals surface area contributed by atoms with Crippen LogP contribution >= 0.6 is 0 Å². The van der Waals surface area contributed by atoms with Gasteiger partial charge in [-0.15, -0.1) is 0 Å².